The van der Waals surface area contributed by atoms with Crippen molar-refractivity contribution in [2.24, 2.45) is 5.73 Å². The number of hydrogen-bond donors (Lipinski definition) is 4. The molecule has 3 rings (SSSR count). The number of anilines is 1. The summed E-state index contributed by atoms with van der Waals surface area (Å²) in [5, 5.41) is 16.1. The maximum Gasteiger partial charge on any atom is 0.337 e. The normalized spacial score (nSPS) is 11.8. The summed E-state index contributed by atoms with van der Waals surface area (Å²) < 4.78 is 5.76. The third-order valence-electron chi connectivity index (χ3n) is 4.68. The number of aromatic carboxylic acids is 1. The molecule has 0 spiro atoms. The Morgan fingerprint density at radius 3 is 2.72 bits per heavy atom. The monoisotopic (exact) mass is 476 g/mol. The quantitative estimate of drug-likeness (QED) is 0.345. The second-order valence-electron chi connectivity index (χ2n) is 6.95. The van der Waals surface area contributed by atoms with Gasteiger partial charge < -0.3 is 20.6 Å². The first-order valence-electron chi connectivity index (χ1n) is 9.85. The predicted octanol–water partition coefficient (Wildman–Crippen LogP) is 4.18. The summed E-state index contributed by atoms with van der Waals surface area (Å²) in [7, 11) is 0. The van der Waals surface area contributed by atoms with Gasteiger partial charge >= 0.3 is 5.97 Å². The van der Waals surface area contributed by atoms with Gasteiger partial charge in [0.2, 0.25) is 11.8 Å². The Hall–Kier alpha value is -2.91. The molecule has 0 saturated heterocycles. The second-order valence-corrected chi connectivity index (χ2v) is 7.79. The molecule has 0 bridgehead atoms. The Morgan fingerprint density at radius 2 is 1.97 bits per heavy atom. The smallest absolute Gasteiger partial charge is 0.337 e. The van der Waals surface area contributed by atoms with Crippen molar-refractivity contribution in [2.75, 3.05) is 11.9 Å². The van der Waals surface area contributed by atoms with E-state index in [1.165, 1.54) is 18.3 Å². The molecular formula is C22H22Cl2N4O4. The molecule has 0 saturated carbocycles. The molecule has 168 valence electrons. The van der Waals surface area contributed by atoms with Gasteiger partial charge in [0.1, 0.15) is 0 Å². The fourth-order valence-electron chi connectivity index (χ4n) is 3.06. The average Bonchev–Trinajstić information content (AvgIpc) is 3.24. The van der Waals surface area contributed by atoms with Crippen LogP contribution in [-0.4, -0.2) is 34.6 Å². The number of carboxylic acid groups (broad SMARTS) is 1. The zero-order valence-electron chi connectivity index (χ0n) is 17.0. The van der Waals surface area contributed by atoms with Crippen LogP contribution in [0.1, 0.15) is 29.1 Å². The van der Waals surface area contributed by atoms with Gasteiger partial charge in [0.15, 0.2) is 5.76 Å². The highest BCUT2D eigenvalue weighted by Gasteiger charge is 2.21. The Balaban J connectivity index is 1.70. The van der Waals surface area contributed by atoms with Gasteiger partial charge in [-0.05, 0) is 49.7 Å². The van der Waals surface area contributed by atoms with Gasteiger partial charge in [-0.2, -0.15) is 0 Å². The molecule has 0 aliphatic rings. The third kappa shape index (κ3) is 6.08. The van der Waals surface area contributed by atoms with Crippen molar-refractivity contribution < 1.29 is 19.1 Å². The first-order chi connectivity index (χ1) is 15.4. The van der Waals surface area contributed by atoms with Crippen LogP contribution in [0.3, 0.4) is 0 Å². The third-order valence-corrected chi connectivity index (χ3v) is 5.24. The minimum absolute atomic E-state index is 0.00849. The van der Waals surface area contributed by atoms with E-state index in [2.05, 4.69) is 15.6 Å². The molecule has 5 N–H and O–H groups in total. The van der Waals surface area contributed by atoms with Crippen molar-refractivity contribution in [2.45, 2.75) is 25.4 Å². The number of hydrogen-bond acceptors (Lipinski definition) is 6. The molecule has 32 heavy (non-hydrogen) atoms. The molecule has 1 atom stereocenters. The fourth-order valence-corrected chi connectivity index (χ4v) is 3.44. The van der Waals surface area contributed by atoms with Crippen LogP contribution in [0, 0.1) is 0 Å². The Bertz CT molecular complexity index is 1100. The van der Waals surface area contributed by atoms with E-state index in [4.69, 9.17) is 33.4 Å². The van der Waals surface area contributed by atoms with Crippen LogP contribution in [0.5, 0.6) is 0 Å². The summed E-state index contributed by atoms with van der Waals surface area (Å²) in [6, 6.07) is 10.6. The van der Waals surface area contributed by atoms with E-state index in [9.17, 15) is 14.7 Å². The maximum absolute atomic E-state index is 12.8. The summed E-state index contributed by atoms with van der Waals surface area (Å²) in [6.45, 7) is 0.578. The number of nitrogens with two attached hydrogens (primary N) is 1. The lowest BCUT2D eigenvalue weighted by atomic mass is 10.1. The van der Waals surface area contributed by atoms with Crippen molar-refractivity contribution >= 4 is 40.8 Å². The van der Waals surface area contributed by atoms with Gasteiger partial charge in [-0.1, -0.05) is 35.3 Å². The number of halogens is 2. The number of nitrogens with one attached hydrogen (secondary N) is 2. The predicted molar refractivity (Wildman–Crippen MR) is 123 cm³/mol. The van der Waals surface area contributed by atoms with Crippen molar-refractivity contribution in [3.63, 3.8) is 0 Å². The van der Waals surface area contributed by atoms with E-state index in [-0.39, 0.29) is 23.7 Å². The van der Waals surface area contributed by atoms with Gasteiger partial charge in [0, 0.05) is 10.6 Å². The molecule has 8 nitrogen and oxygen atoms in total. The largest absolute Gasteiger partial charge is 0.478 e. The SMILES string of the molecule is NCCCC(NCc1ncc(-c2cc(Cl)ccc2Cl)o1)C(=O)Nc1ccccc1C(=O)O. The highest BCUT2D eigenvalue weighted by Crippen LogP contribution is 2.31. The number of carbonyl (C=O) groups is 2. The molecule has 1 aromatic heterocycles. The number of benzene rings is 2. The van der Waals surface area contributed by atoms with Crippen molar-refractivity contribution in [3.8, 4) is 11.3 Å². The molecule has 1 amide bonds. The number of aromatic nitrogens is 1. The Labute approximate surface area is 194 Å². The number of rotatable bonds is 10. The summed E-state index contributed by atoms with van der Waals surface area (Å²) in [5.41, 5.74) is 6.44. The topological polar surface area (TPSA) is 130 Å². The van der Waals surface area contributed by atoms with Gasteiger partial charge in [-0.25, -0.2) is 9.78 Å². The average molecular weight is 477 g/mol. The Kier molecular flexibility index (Phi) is 8.24. The van der Waals surface area contributed by atoms with E-state index in [0.717, 1.165) is 0 Å². The van der Waals surface area contributed by atoms with E-state index in [0.29, 0.717) is 46.6 Å². The summed E-state index contributed by atoms with van der Waals surface area (Å²) in [5.74, 6) is -0.698. The molecule has 10 heteroatoms. The van der Waals surface area contributed by atoms with Crippen molar-refractivity contribution in [3.05, 3.63) is 70.2 Å². The molecule has 1 heterocycles. The van der Waals surface area contributed by atoms with Crippen LogP contribution in [0.25, 0.3) is 11.3 Å². The first kappa shape index (κ1) is 23.7. The molecule has 0 fully saturated rings. The zero-order valence-corrected chi connectivity index (χ0v) is 18.5. The number of nitrogens with zero attached hydrogens (tertiary/aromatic N) is 1. The molecule has 3 aromatic rings. The lowest BCUT2D eigenvalue weighted by molar-refractivity contribution is -0.118. The second kappa shape index (κ2) is 11.1. The standard InChI is InChI=1S/C22H22Cl2N4O4/c23-13-7-8-16(24)15(10-13)19-11-27-20(32-19)12-26-18(6-3-9-25)21(29)28-17-5-2-1-4-14(17)22(30)31/h1-2,4-5,7-8,10-11,18,26H,3,6,9,12,25H2,(H,28,29)(H,30,31). The molecule has 1 unspecified atom stereocenters. The number of para-hydroxylation sites is 1. The van der Waals surface area contributed by atoms with E-state index in [1.807, 2.05) is 0 Å². The minimum Gasteiger partial charge on any atom is -0.478 e. The van der Waals surface area contributed by atoms with Crippen LogP contribution in [-0.2, 0) is 11.3 Å². The maximum atomic E-state index is 12.8. The highest BCUT2D eigenvalue weighted by atomic mass is 35.5. The van der Waals surface area contributed by atoms with Crippen LogP contribution >= 0.6 is 23.2 Å². The van der Waals surface area contributed by atoms with Gasteiger partial charge in [-0.15, -0.1) is 0 Å². The van der Waals surface area contributed by atoms with Crippen LogP contribution < -0.4 is 16.4 Å². The molecule has 0 aliphatic carbocycles. The van der Waals surface area contributed by atoms with Gasteiger partial charge in [0.25, 0.3) is 0 Å². The van der Waals surface area contributed by atoms with E-state index >= 15 is 0 Å². The number of amides is 1. The van der Waals surface area contributed by atoms with Crippen molar-refractivity contribution in [1.82, 2.24) is 10.3 Å². The van der Waals surface area contributed by atoms with Gasteiger partial charge in [0.05, 0.1) is 35.1 Å². The van der Waals surface area contributed by atoms with Crippen molar-refractivity contribution in [1.29, 1.82) is 0 Å². The number of oxazole rings is 1. The number of carbonyl (C=O) groups excluding carboxylic acids is 1. The van der Waals surface area contributed by atoms with Crippen LogP contribution in [0.15, 0.2) is 53.1 Å². The lowest BCUT2D eigenvalue weighted by Crippen LogP contribution is -2.40. The number of carboxylic acids is 1. The van der Waals surface area contributed by atoms with Crippen LogP contribution in [0.4, 0.5) is 5.69 Å². The molecule has 0 radical (unpaired) electrons. The molecule has 0 aliphatic heterocycles. The van der Waals surface area contributed by atoms with E-state index < -0.39 is 12.0 Å². The summed E-state index contributed by atoms with van der Waals surface area (Å²) >= 11 is 12.2. The molecule has 2 aromatic carbocycles. The van der Waals surface area contributed by atoms with Gasteiger partial charge in [-0.3, -0.25) is 10.1 Å². The van der Waals surface area contributed by atoms with Crippen LogP contribution in [0.2, 0.25) is 10.0 Å². The fraction of sp³-hybridized carbons (Fsp3) is 0.227. The minimum atomic E-state index is -1.13. The summed E-state index contributed by atoms with van der Waals surface area (Å²) in [4.78, 5) is 28.5. The first-order valence-corrected chi connectivity index (χ1v) is 10.6. The molecular weight excluding hydrogens is 455 g/mol. The highest BCUT2D eigenvalue weighted by molar-refractivity contribution is 6.35. The zero-order chi connectivity index (χ0) is 23.1. The lowest BCUT2D eigenvalue weighted by Gasteiger charge is -2.18. The Morgan fingerprint density at radius 1 is 1.19 bits per heavy atom. The van der Waals surface area contributed by atoms with E-state index in [1.54, 1.807) is 30.3 Å². The summed E-state index contributed by atoms with van der Waals surface area (Å²) in [6.07, 6.45) is 2.58.